The summed E-state index contributed by atoms with van der Waals surface area (Å²) < 4.78 is 45.5. The van der Waals surface area contributed by atoms with Crippen LogP contribution in [-0.4, -0.2) is 24.5 Å². The number of nitrogens with zero attached hydrogens (tertiary/aromatic N) is 1. The Bertz CT molecular complexity index is 1420. The third-order valence-corrected chi connectivity index (χ3v) is 7.58. The van der Waals surface area contributed by atoms with E-state index in [0.717, 1.165) is 10.5 Å². The molecule has 1 heterocycles. The Kier molecular flexibility index (Phi) is 6.92. The molecule has 1 aliphatic heterocycles. The minimum atomic E-state index is -4.13. The molecule has 3 aromatic rings. The van der Waals surface area contributed by atoms with Gasteiger partial charge in [-0.25, -0.2) is 4.39 Å². The van der Waals surface area contributed by atoms with Crippen molar-refractivity contribution in [3.63, 3.8) is 0 Å². The topological polar surface area (TPSA) is 80.8 Å². The SMILES string of the molecule is Cc1ccc(S(=O)(=O)Oc2ccc(Br)cc2/C=C2\SC(=O)N(Cc3ccccc3F)C2=O)cc1. The first-order valence-electron chi connectivity index (χ1n) is 9.93. The van der Waals surface area contributed by atoms with Crippen molar-refractivity contribution in [3.8, 4) is 5.75 Å². The van der Waals surface area contributed by atoms with Crippen molar-refractivity contribution in [1.29, 1.82) is 0 Å². The molecule has 0 bridgehead atoms. The number of benzene rings is 3. The largest absolute Gasteiger partial charge is 0.378 e. The third kappa shape index (κ3) is 5.24. The lowest BCUT2D eigenvalue weighted by molar-refractivity contribution is -0.123. The lowest BCUT2D eigenvalue weighted by atomic mass is 10.1. The normalized spacial score (nSPS) is 15.3. The third-order valence-electron chi connectivity index (χ3n) is 4.93. The van der Waals surface area contributed by atoms with Gasteiger partial charge in [0.15, 0.2) is 0 Å². The van der Waals surface area contributed by atoms with Crippen LogP contribution >= 0.6 is 27.7 Å². The van der Waals surface area contributed by atoms with Crippen LogP contribution in [0, 0.1) is 12.7 Å². The number of hydrogen-bond donors (Lipinski definition) is 0. The summed E-state index contributed by atoms with van der Waals surface area (Å²) in [4.78, 5) is 26.3. The van der Waals surface area contributed by atoms with Gasteiger partial charge < -0.3 is 4.18 Å². The smallest absolute Gasteiger partial charge is 0.339 e. The molecule has 34 heavy (non-hydrogen) atoms. The predicted octanol–water partition coefficient (Wildman–Crippen LogP) is 5.90. The molecule has 2 amide bonds. The zero-order valence-corrected chi connectivity index (χ0v) is 20.9. The highest BCUT2D eigenvalue weighted by Crippen LogP contribution is 2.36. The number of carbonyl (C=O) groups is 2. The molecule has 0 aromatic heterocycles. The number of aryl methyl sites for hydroxylation is 1. The zero-order valence-electron chi connectivity index (χ0n) is 17.7. The van der Waals surface area contributed by atoms with Gasteiger partial charge in [0.2, 0.25) is 0 Å². The Balaban J connectivity index is 1.63. The molecule has 1 saturated heterocycles. The molecule has 0 aliphatic carbocycles. The molecular weight excluding hydrogens is 545 g/mol. The standard InChI is InChI=1S/C24H17BrFNO5S2/c1-15-6-9-19(10-7-15)34(30,31)32-21-11-8-18(25)12-17(21)13-22-23(28)27(24(29)33-22)14-16-4-2-3-5-20(16)26/h2-13H,14H2,1H3/b22-13-. The fourth-order valence-electron chi connectivity index (χ4n) is 3.15. The number of amides is 2. The monoisotopic (exact) mass is 561 g/mol. The predicted molar refractivity (Wildman–Crippen MR) is 131 cm³/mol. The molecule has 0 atom stereocenters. The summed E-state index contributed by atoms with van der Waals surface area (Å²) in [5.41, 5.74) is 1.39. The Morgan fingerprint density at radius 2 is 1.76 bits per heavy atom. The maximum atomic E-state index is 14.0. The molecule has 0 radical (unpaired) electrons. The van der Waals surface area contributed by atoms with Crippen LogP contribution < -0.4 is 4.18 Å². The van der Waals surface area contributed by atoms with Crippen molar-refractivity contribution in [2.24, 2.45) is 0 Å². The number of thioether (sulfide) groups is 1. The second kappa shape index (κ2) is 9.73. The number of rotatable bonds is 6. The Morgan fingerprint density at radius 3 is 2.47 bits per heavy atom. The average molecular weight is 562 g/mol. The van der Waals surface area contributed by atoms with Crippen molar-refractivity contribution >= 4 is 55.0 Å². The van der Waals surface area contributed by atoms with Gasteiger partial charge in [-0.3, -0.25) is 14.5 Å². The molecule has 0 spiro atoms. The fraction of sp³-hybridized carbons (Fsp3) is 0.0833. The van der Waals surface area contributed by atoms with Crippen LogP contribution in [0.25, 0.3) is 6.08 Å². The van der Waals surface area contributed by atoms with E-state index in [0.29, 0.717) is 16.2 Å². The van der Waals surface area contributed by atoms with Crippen LogP contribution in [-0.2, 0) is 21.5 Å². The van der Waals surface area contributed by atoms with E-state index in [9.17, 15) is 22.4 Å². The van der Waals surface area contributed by atoms with E-state index < -0.39 is 27.1 Å². The van der Waals surface area contributed by atoms with Gasteiger partial charge in [-0.05, 0) is 61.2 Å². The molecule has 3 aromatic carbocycles. The number of hydrogen-bond acceptors (Lipinski definition) is 6. The van der Waals surface area contributed by atoms with E-state index in [-0.39, 0.29) is 33.2 Å². The Labute approximate surface area is 208 Å². The van der Waals surface area contributed by atoms with E-state index in [1.807, 2.05) is 6.92 Å². The van der Waals surface area contributed by atoms with Crippen LogP contribution in [0.1, 0.15) is 16.7 Å². The van der Waals surface area contributed by atoms with E-state index in [4.69, 9.17) is 4.18 Å². The summed E-state index contributed by atoms with van der Waals surface area (Å²) in [6, 6.07) is 16.7. The van der Waals surface area contributed by atoms with Crippen LogP contribution in [0.3, 0.4) is 0 Å². The summed E-state index contributed by atoms with van der Waals surface area (Å²) in [5.74, 6) is -1.13. The van der Waals surface area contributed by atoms with Crippen molar-refractivity contribution in [2.45, 2.75) is 18.4 Å². The molecule has 10 heteroatoms. The fourth-order valence-corrected chi connectivity index (χ4v) is 5.32. The molecule has 1 fully saturated rings. The lowest BCUT2D eigenvalue weighted by Gasteiger charge is -2.13. The average Bonchev–Trinajstić information content (AvgIpc) is 3.04. The van der Waals surface area contributed by atoms with Crippen LogP contribution in [0.4, 0.5) is 9.18 Å². The number of halogens is 2. The van der Waals surface area contributed by atoms with Crippen molar-refractivity contribution in [1.82, 2.24) is 4.90 Å². The van der Waals surface area contributed by atoms with Crippen LogP contribution in [0.5, 0.6) is 5.75 Å². The maximum Gasteiger partial charge on any atom is 0.339 e. The number of carbonyl (C=O) groups excluding carboxylic acids is 2. The lowest BCUT2D eigenvalue weighted by Crippen LogP contribution is -2.27. The van der Waals surface area contributed by atoms with Gasteiger partial charge in [-0.15, -0.1) is 0 Å². The van der Waals surface area contributed by atoms with Gasteiger partial charge in [-0.2, -0.15) is 8.42 Å². The Morgan fingerprint density at radius 1 is 1.06 bits per heavy atom. The second-order valence-electron chi connectivity index (χ2n) is 7.39. The van der Waals surface area contributed by atoms with Gasteiger partial charge in [0, 0.05) is 15.6 Å². The minimum Gasteiger partial charge on any atom is -0.378 e. The van der Waals surface area contributed by atoms with Crippen LogP contribution in [0.15, 0.2) is 81.0 Å². The molecular formula is C24H17BrFNO5S2. The highest BCUT2D eigenvalue weighted by molar-refractivity contribution is 9.10. The highest BCUT2D eigenvalue weighted by Gasteiger charge is 2.35. The van der Waals surface area contributed by atoms with E-state index in [1.54, 1.807) is 30.3 Å². The minimum absolute atomic E-state index is 0.00956. The first kappa shape index (κ1) is 24.2. The summed E-state index contributed by atoms with van der Waals surface area (Å²) in [6.07, 6.45) is 1.39. The van der Waals surface area contributed by atoms with Crippen molar-refractivity contribution in [3.05, 3.63) is 98.6 Å². The molecule has 4 rings (SSSR count). The van der Waals surface area contributed by atoms with E-state index in [2.05, 4.69) is 15.9 Å². The molecule has 0 N–H and O–H groups in total. The first-order chi connectivity index (χ1) is 16.1. The first-order valence-corrected chi connectivity index (χ1v) is 13.0. The van der Waals surface area contributed by atoms with Gasteiger partial charge in [0.1, 0.15) is 16.5 Å². The highest BCUT2D eigenvalue weighted by atomic mass is 79.9. The summed E-state index contributed by atoms with van der Waals surface area (Å²) in [7, 11) is -4.13. The van der Waals surface area contributed by atoms with Gasteiger partial charge in [0.05, 0.1) is 11.4 Å². The van der Waals surface area contributed by atoms with Crippen LogP contribution in [0.2, 0.25) is 0 Å². The zero-order chi connectivity index (χ0) is 24.5. The van der Waals surface area contributed by atoms with E-state index >= 15 is 0 Å². The number of imide groups is 1. The second-order valence-corrected chi connectivity index (χ2v) is 10.8. The quantitative estimate of drug-likeness (QED) is 0.275. The van der Waals surface area contributed by atoms with Crippen molar-refractivity contribution < 1.29 is 26.6 Å². The summed E-state index contributed by atoms with van der Waals surface area (Å²) in [5, 5.41) is -0.552. The van der Waals surface area contributed by atoms with E-state index in [1.165, 1.54) is 42.5 Å². The molecule has 0 unspecified atom stereocenters. The van der Waals surface area contributed by atoms with Gasteiger partial charge in [0.25, 0.3) is 11.1 Å². The molecule has 1 aliphatic rings. The summed E-state index contributed by atoms with van der Waals surface area (Å²) in [6.45, 7) is 1.63. The van der Waals surface area contributed by atoms with Crippen molar-refractivity contribution in [2.75, 3.05) is 0 Å². The van der Waals surface area contributed by atoms with Gasteiger partial charge >= 0.3 is 10.1 Å². The maximum absolute atomic E-state index is 14.0. The Hall–Kier alpha value is -2.95. The molecule has 174 valence electrons. The molecule has 0 saturated carbocycles. The summed E-state index contributed by atoms with van der Waals surface area (Å²) >= 11 is 4.01. The van der Waals surface area contributed by atoms with Gasteiger partial charge in [-0.1, -0.05) is 51.8 Å². The molecule has 6 nitrogen and oxygen atoms in total.